The molecule has 0 aliphatic rings. The smallest absolute Gasteiger partial charge is 0.168 e. The van der Waals surface area contributed by atoms with E-state index in [1.165, 1.54) is 0 Å². The Balaban J connectivity index is 3.41. The minimum atomic E-state index is -1.30. The molecule has 86 valence electrons. The Morgan fingerprint density at radius 2 is 1.64 bits per heavy atom. The number of aliphatic hydroxyl groups is 2. The summed E-state index contributed by atoms with van der Waals surface area (Å²) in [5, 5.41) is 27.3. The van der Waals surface area contributed by atoms with E-state index in [0.717, 1.165) is 26.2 Å². The average Bonchev–Trinajstić information content (AvgIpc) is 2.15. The lowest BCUT2D eigenvalue weighted by Crippen LogP contribution is -2.47. The summed E-state index contributed by atoms with van der Waals surface area (Å²) >= 11 is 0. The molecule has 5 nitrogen and oxygen atoms in total. The van der Waals surface area contributed by atoms with Gasteiger partial charge in [0.25, 0.3) is 0 Å². The van der Waals surface area contributed by atoms with Crippen LogP contribution in [0.1, 0.15) is 13.8 Å². The van der Waals surface area contributed by atoms with Crippen LogP contribution in [0.2, 0.25) is 0 Å². The van der Waals surface area contributed by atoms with Crippen molar-refractivity contribution >= 4 is 0 Å². The molecule has 1 unspecified atom stereocenters. The molecular formula is C9H23N3O2. The molecular weight excluding hydrogens is 182 g/mol. The molecule has 0 bridgehead atoms. The summed E-state index contributed by atoms with van der Waals surface area (Å²) in [7, 11) is 0. The van der Waals surface area contributed by atoms with E-state index in [2.05, 4.69) is 22.9 Å². The topological polar surface area (TPSA) is 76.5 Å². The molecule has 14 heavy (non-hydrogen) atoms. The van der Waals surface area contributed by atoms with Crippen molar-refractivity contribution in [3.8, 4) is 0 Å². The van der Waals surface area contributed by atoms with Crippen molar-refractivity contribution in [2.75, 3.05) is 32.7 Å². The molecule has 0 aromatic carbocycles. The Bertz CT molecular complexity index is 123. The third-order valence-electron chi connectivity index (χ3n) is 1.92. The minimum absolute atomic E-state index is 0.290. The van der Waals surface area contributed by atoms with Crippen molar-refractivity contribution < 1.29 is 10.2 Å². The summed E-state index contributed by atoms with van der Waals surface area (Å²) in [6.45, 7) is 7.99. The summed E-state index contributed by atoms with van der Waals surface area (Å²) in [6.07, 6.45) is -1.30. The van der Waals surface area contributed by atoms with Crippen molar-refractivity contribution in [2.24, 2.45) is 0 Å². The van der Waals surface area contributed by atoms with Crippen molar-refractivity contribution in [2.45, 2.75) is 26.2 Å². The van der Waals surface area contributed by atoms with Gasteiger partial charge in [0.15, 0.2) is 6.29 Å². The van der Waals surface area contributed by atoms with Crippen LogP contribution < -0.4 is 16.0 Å². The van der Waals surface area contributed by atoms with Crippen LogP contribution in [0.3, 0.4) is 0 Å². The summed E-state index contributed by atoms with van der Waals surface area (Å²) in [5.41, 5.74) is 0. The SMILES string of the molecule is CCNCCNCC(NCC)C(O)O. The van der Waals surface area contributed by atoms with E-state index < -0.39 is 6.29 Å². The lowest BCUT2D eigenvalue weighted by molar-refractivity contribution is -0.0658. The number of aliphatic hydroxyl groups excluding tert-OH is 1. The number of rotatable bonds is 9. The monoisotopic (exact) mass is 205 g/mol. The molecule has 0 aliphatic heterocycles. The summed E-state index contributed by atoms with van der Waals surface area (Å²) in [6, 6.07) is -0.290. The predicted octanol–water partition coefficient (Wildman–Crippen LogP) is -1.53. The van der Waals surface area contributed by atoms with Crippen molar-refractivity contribution in [3.05, 3.63) is 0 Å². The fourth-order valence-electron chi connectivity index (χ4n) is 1.16. The number of nitrogens with one attached hydrogen (secondary N) is 3. The van der Waals surface area contributed by atoms with Crippen LogP contribution in [0.15, 0.2) is 0 Å². The van der Waals surface area contributed by atoms with Crippen LogP contribution >= 0.6 is 0 Å². The average molecular weight is 205 g/mol. The number of hydrogen-bond donors (Lipinski definition) is 5. The van der Waals surface area contributed by atoms with Gasteiger partial charge in [-0.05, 0) is 13.1 Å². The molecule has 5 heteroatoms. The van der Waals surface area contributed by atoms with Gasteiger partial charge in [-0.1, -0.05) is 13.8 Å². The molecule has 0 aromatic heterocycles. The molecule has 0 rings (SSSR count). The summed E-state index contributed by atoms with van der Waals surface area (Å²) in [4.78, 5) is 0. The van der Waals surface area contributed by atoms with E-state index in [-0.39, 0.29) is 6.04 Å². The maximum Gasteiger partial charge on any atom is 0.168 e. The van der Waals surface area contributed by atoms with Crippen molar-refractivity contribution in [1.29, 1.82) is 0 Å². The van der Waals surface area contributed by atoms with Crippen molar-refractivity contribution in [1.82, 2.24) is 16.0 Å². The highest BCUT2D eigenvalue weighted by molar-refractivity contribution is 4.70. The van der Waals surface area contributed by atoms with Gasteiger partial charge in [0.2, 0.25) is 0 Å². The van der Waals surface area contributed by atoms with Crippen LogP contribution in [0.5, 0.6) is 0 Å². The highest BCUT2D eigenvalue weighted by Crippen LogP contribution is 1.87. The molecule has 1 atom stereocenters. The first kappa shape index (κ1) is 13.8. The second kappa shape index (κ2) is 9.36. The largest absolute Gasteiger partial charge is 0.367 e. The van der Waals surface area contributed by atoms with Gasteiger partial charge in [0.1, 0.15) is 0 Å². The van der Waals surface area contributed by atoms with Gasteiger partial charge in [0.05, 0.1) is 6.04 Å². The van der Waals surface area contributed by atoms with Crippen LogP contribution in [-0.4, -0.2) is 55.3 Å². The molecule has 0 heterocycles. The third-order valence-corrected chi connectivity index (χ3v) is 1.92. The Labute approximate surface area is 85.9 Å². The van der Waals surface area contributed by atoms with E-state index in [9.17, 15) is 0 Å². The van der Waals surface area contributed by atoms with E-state index in [1.807, 2.05) is 6.92 Å². The fourth-order valence-corrected chi connectivity index (χ4v) is 1.16. The van der Waals surface area contributed by atoms with Crippen LogP contribution in [0.4, 0.5) is 0 Å². The van der Waals surface area contributed by atoms with Gasteiger partial charge in [0, 0.05) is 19.6 Å². The minimum Gasteiger partial charge on any atom is -0.367 e. The molecule has 0 amide bonds. The normalized spacial score (nSPS) is 13.5. The van der Waals surface area contributed by atoms with Crippen LogP contribution in [0, 0.1) is 0 Å². The zero-order chi connectivity index (χ0) is 10.8. The summed E-state index contributed by atoms with van der Waals surface area (Å²) in [5.74, 6) is 0. The first-order valence-corrected chi connectivity index (χ1v) is 5.23. The second-order valence-electron chi connectivity index (χ2n) is 3.14. The number of likely N-dealkylation sites (N-methyl/N-ethyl adjacent to an activating group) is 2. The van der Waals surface area contributed by atoms with Gasteiger partial charge in [-0.15, -0.1) is 0 Å². The van der Waals surface area contributed by atoms with E-state index in [1.54, 1.807) is 0 Å². The lowest BCUT2D eigenvalue weighted by Gasteiger charge is -2.20. The quantitative estimate of drug-likeness (QED) is 0.233. The maximum atomic E-state index is 8.98. The third kappa shape index (κ3) is 7.23. The fraction of sp³-hybridized carbons (Fsp3) is 1.00. The highest BCUT2D eigenvalue weighted by Gasteiger charge is 2.13. The Morgan fingerprint density at radius 1 is 1.00 bits per heavy atom. The molecule has 0 saturated carbocycles. The van der Waals surface area contributed by atoms with Crippen LogP contribution in [0.25, 0.3) is 0 Å². The Hall–Kier alpha value is -0.200. The standard InChI is InChI=1S/C9H23N3O2/c1-3-10-5-6-11-7-8(9(13)14)12-4-2/h8-14H,3-7H2,1-2H3. The Morgan fingerprint density at radius 3 is 2.14 bits per heavy atom. The van der Waals surface area contributed by atoms with Gasteiger partial charge in [-0.2, -0.15) is 0 Å². The Kier molecular flexibility index (Phi) is 9.23. The first-order valence-electron chi connectivity index (χ1n) is 5.23. The second-order valence-corrected chi connectivity index (χ2v) is 3.14. The molecule has 0 spiro atoms. The van der Waals surface area contributed by atoms with E-state index >= 15 is 0 Å². The zero-order valence-corrected chi connectivity index (χ0v) is 9.08. The zero-order valence-electron chi connectivity index (χ0n) is 9.08. The molecule has 0 radical (unpaired) electrons. The van der Waals surface area contributed by atoms with Gasteiger partial charge in [-0.25, -0.2) is 0 Å². The summed E-state index contributed by atoms with van der Waals surface area (Å²) < 4.78 is 0. The molecule has 5 N–H and O–H groups in total. The highest BCUT2D eigenvalue weighted by atomic mass is 16.5. The molecule has 0 aliphatic carbocycles. The lowest BCUT2D eigenvalue weighted by atomic mass is 10.3. The van der Waals surface area contributed by atoms with Crippen LogP contribution in [-0.2, 0) is 0 Å². The van der Waals surface area contributed by atoms with E-state index in [0.29, 0.717) is 6.54 Å². The molecule has 0 saturated heterocycles. The van der Waals surface area contributed by atoms with Crippen molar-refractivity contribution in [3.63, 3.8) is 0 Å². The van der Waals surface area contributed by atoms with Gasteiger partial charge >= 0.3 is 0 Å². The van der Waals surface area contributed by atoms with E-state index in [4.69, 9.17) is 10.2 Å². The predicted molar refractivity (Wildman–Crippen MR) is 57.1 cm³/mol. The number of hydrogen-bond acceptors (Lipinski definition) is 5. The van der Waals surface area contributed by atoms with Gasteiger partial charge < -0.3 is 26.2 Å². The maximum absolute atomic E-state index is 8.98. The van der Waals surface area contributed by atoms with Gasteiger partial charge in [-0.3, -0.25) is 0 Å². The molecule has 0 aromatic rings. The molecule has 0 fully saturated rings. The first-order chi connectivity index (χ1) is 6.72.